The molecule has 0 radical (unpaired) electrons. The number of ether oxygens (including phenoxy) is 2. The second kappa shape index (κ2) is 4.52. The average molecular weight is 234 g/mol. The maximum Gasteiger partial charge on any atom is 0.296 e. The highest BCUT2D eigenvalue weighted by atomic mass is 19.3. The molecule has 0 aliphatic carbocycles. The molecule has 2 N–H and O–H groups in total. The van der Waals surface area contributed by atoms with Gasteiger partial charge in [-0.05, 0) is 12.1 Å². The molecule has 6 heteroatoms. The molecule has 0 aliphatic heterocycles. The number of benzene rings is 1. The normalized spacial score (nSPS) is 11.3. The van der Waals surface area contributed by atoms with Crippen LogP contribution < -0.4 is 9.47 Å². The van der Waals surface area contributed by atoms with Crippen LogP contribution in [0, 0.1) is 0 Å². The van der Waals surface area contributed by atoms with Gasteiger partial charge in [0, 0.05) is 5.56 Å². The van der Waals surface area contributed by atoms with E-state index in [1.54, 1.807) is 0 Å². The fourth-order valence-electron chi connectivity index (χ4n) is 1.20. The number of hydrogen-bond donors (Lipinski definition) is 2. The Hall–Kier alpha value is -1.56. The zero-order valence-corrected chi connectivity index (χ0v) is 8.83. The molecule has 0 aliphatic rings. The molecule has 0 heterocycles. The third-order valence-electron chi connectivity index (χ3n) is 2.10. The van der Waals surface area contributed by atoms with Gasteiger partial charge in [0.1, 0.15) is 6.61 Å². The van der Waals surface area contributed by atoms with Gasteiger partial charge in [0.25, 0.3) is 5.92 Å². The van der Waals surface area contributed by atoms with Gasteiger partial charge in [0.15, 0.2) is 11.5 Å². The van der Waals surface area contributed by atoms with E-state index in [-0.39, 0.29) is 17.2 Å². The number of halogens is 2. The van der Waals surface area contributed by atoms with Crippen LogP contribution in [0.1, 0.15) is 5.56 Å². The predicted octanol–water partition coefficient (Wildman–Crippen LogP) is 1.49. The lowest BCUT2D eigenvalue weighted by Crippen LogP contribution is -2.18. The largest absolute Gasteiger partial charge is 0.502 e. The summed E-state index contributed by atoms with van der Waals surface area (Å²) >= 11 is 0. The minimum absolute atomic E-state index is 0.137. The van der Waals surface area contributed by atoms with Crippen LogP contribution in [0.25, 0.3) is 0 Å². The SMILES string of the molecule is COc1cc(C(F)(F)CO)cc(OC)c1O. The molecule has 0 saturated carbocycles. The number of rotatable bonds is 4. The van der Waals surface area contributed by atoms with Gasteiger partial charge < -0.3 is 19.7 Å². The number of phenolic OH excluding ortho intramolecular Hbond substituents is 1. The molecule has 0 saturated heterocycles. The third-order valence-corrected chi connectivity index (χ3v) is 2.10. The summed E-state index contributed by atoms with van der Waals surface area (Å²) in [5.41, 5.74) is -0.485. The smallest absolute Gasteiger partial charge is 0.296 e. The Morgan fingerprint density at radius 3 is 1.94 bits per heavy atom. The zero-order valence-electron chi connectivity index (χ0n) is 8.83. The third kappa shape index (κ3) is 2.16. The lowest BCUT2D eigenvalue weighted by atomic mass is 10.1. The predicted molar refractivity (Wildman–Crippen MR) is 52.2 cm³/mol. The Kier molecular flexibility index (Phi) is 3.54. The van der Waals surface area contributed by atoms with E-state index >= 15 is 0 Å². The van der Waals surface area contributed by atoms with Crippen molar-refractivity contribution in [2.24, 2.45) is 0 Å². The first kappa shape index (κ1) is 12.5. The van der Waals surface area contributed by atoms with Gasteiger partial charge >= 0.3 is 0 Å². The molecule has 1 aromatic carbocycles. The minimum Gasteiger partial charge on any atom is -0.502 e. The minimum atomic E-state index is -3.41. The van der Waals surface area contributed by atoms with Crippen molar-refractivity contribution in [3.05, 3.63) is 17.7 Å². The monoisotopic (exact) mass is 234 g/mol. The fraction of sp³-hybridized carbons (Fsp3) is 0.400. The Labute approximate surface area is 91.0 Å². The number of aromatic hydroxyl groups is 1. The van der Waals surface area contributed by atoms with E-state index < -0.39 is 18.1 Å². The lowest BCUT2D eigenvalue weighted by Gasteiger charge is -2.17. The van der Waals surface area contributed by atoms with E-state index in [2.05, 4.69) is 0 Å². The molecule has 90 valence electrons. The summed E-state index contributed by atoms with van der Waals surface area (Å²) in [5.74, 6) is -4.04. The van der Waals surface area contributed by atoms with E-state index in [1.165, 1.54) is 14.2 Å². The number of aliphatic hydroxyl groups is 1. The van der Waals surface area contributed by atoms with Crippen LogP contribution >= 0.6 is 0 Å². The summed E-state index contributed by atoms with van der Waals surface area (Å²) in [6.45, 7) is -1.33. The summed E-state index contributed by atoms with van der Waals surface area (Å²) in [4.78, 5) is 0. The standard InChI is InChI=1S/C10H12F2O4/c1-15-7-3-6(10(11,12)5-13)4-8(16-2)9(7)14/h3-4,13-14H,5H2,1-2H3. The van der Waals surface area contributed by atoms with Crippen molar-refractivity contribution in [2.75, 3.05) is 20.8 Å². The zero-order chi connectivity index (χ0) is 12.3. The van der Waals surface area contributed by atoms with E-state index in [4.69, 9.17) is 14.6 Å². The first-order valence-corrected chi connectivity index (χ1v) is 4.40. The highest BCUT2D eigenvalue weighted by Gasteiger charge is 2.32. The summed E-state index contributed by atoms with van der Waals surface area (Å²) in [6.07, 6.45) is 0. The first-order valence-electron chi connectivity index (χ1n) is 4.40. The fourth-order valence-corrected chi connectivity index (χ4v) is 1.20. The summed E-state index contributed by atoms with van der Waals surface area (Å²) in [6, 6.07) is 1.90. The molecule has 4 nitrogen and oxygen atoms in total. The Morgan fingerprint density at radius 2 is 1.62 bits per heavy atom. The lowest BCUT2D eigenvalue weighted by molar-refractivity contribution is -0.0559. The number of alkyl halides is 2. The molecule has 0 aromatic heterocycles. The molecule has 16 heavy (non-hydrogen) atoms. The maximum atomic E-state index is 13.2. The molecule has 0 fully saturated rings. The van der Waals surface area contributed by atoms with Gasteiger partial charge in [-0.2, -0.15) is 8.78 Å². The number of hydrogen-bond acceptors (Lipinski definition) is 4. The average Bonchev–Trinajstić information content (AvgIpc) is 2.29. The number of methoxy groups -OCH3 is 2. The highest BCUT2D eigenvalue weighted by molar-refractivity contribution is 5.53. The molecular weight excluding hydrogens is 222 g/mol. The van der Waals surface area contributed by atoms with Crippen LogP contribution in [0.3, 0.4) is 0 Å². The van der Waals surface area contributed by atoms with Crippen LogP contribution in [0.4, 0.5) is 8.78 Å². The molecule has 0 spiro atoms. The second-order valence-corrected chi connectivity index (χ2v) is 3.09. The van der Waals surface area contributed by atoms with Crippen molar-refractivity contribution in [3.63, 3.8) is 0 Å². The van der Waals surface area contributed by atoms with Gasteiger partial charge in [0.2, 0.25) is 5.75 Å². The van der Waals surface area contributed by atoms with Crippen LogP contribution in [-0.2, 0) is 5.92 Å². The van der Waals surface area contributed by atoms with Crippen LogP contribution in [0.15, 0.2) is 12.1 Å². The van der Waals surface area contributed by atoms with Crippen molar-refractivity contribution in [1.29, 1.82) is 0 Å². The topological polar surface area (TPSA) is 58.9 Å². The maximum absolute atomic E-state index is 13.2. The van der Waals surface area contributed by atoms with Crippen LogP contribution in [-0.4, -0.2) is 31.0 Å². The molecule has 1 rings (SSSR count). The summed E-state index contributed by atoms with van der Waals surface area (Å²) in [7, 11) is 2.46. The van der Waals surface area contributed by atoms with E-state index in [9.17, 15) is 13.9 Å². The molecule has 0 bridgehead atoms. The number of aliphatic hydroxyl groups excluding tert-OH is 1. The first-order chi connectivity index (χ1) is 7.46. The van der Waals surface area contributed by atoms with Crippen molar-refractivity contribution < 1.29 is 28.5 Å². The molecule has 0 atom stereocenters. The van der Waals surface area contributed by atoms with Gasteiger partial charge in [-0.25, -0.2) is 0 Å². The molecule has 0 amide bonds. The van der Waals surface area contributed by atoms with E-state index in [1.807, 2.05) is 0 Å². The second-order valence-electron chi connectivity index (χ2n) is 3.09. The Morgan fingerprint density at radius 1 is 1.19 bits per heavy atom. The van der Waals surface area contributed by atoms with Crippen molar-refractivity contribution in [1.82, 2.24) is 0 Å². The van der Waals surface area contributed by atoms with Gasteiger partial charge in [-0.15, -0.1) is 0 Å². The number of phenols is 1. The van der Waals surface area contributed by atoms with E-state index in [0.29, 0.717) is 0 Å². The van der Waals surface area contributed by atoms with Crippen molar-refractivity contribution >= 4 is 0 Å². The van der Waals surface area contributed by atoms with Crippen LogP contribution in [0.2, 0.25) is 0 Å². The quantitative estimate of drug-likeness (QED) is 0.828. The summed E-state index contributed by atoms with van der Waals surface area (Å²) in [5, 5.41) is 18.0. The molecular formula is C10H12F2O4. The van der Waals surface area contributed by atoms with Gasteiger partial charge in [-0.1, -0.05) is 0 Å². The van der Waals surface area contributed by atoms with Gasteiger partial charge in [-0.3, -0.25) is 0 Å². The van der Waals surface area contributed by atoms with Gasteiger partial charge in [0.05, 0.1) is 14.2 Å². The highest BCUT2D eigenvalue weighted by Crippen LogP contribution is 2.41. The van der Waals surface area contributed by atoms with Crippen molar-refractivity contribution in [3.8, 4) is 17.2 Å². The van der Waals surface area contributed by atoms with Crippen molar-refractivity contribution in [2.45, 2.75) is 5.92 Å². The van der Waals surface area contributed by atoms with E-state index in [0.717, 1.165) is 12.1 Å². The molecule has 1 aromatic rings. The Balaban J connectivity index is 3.32. The van der Waals surface area contributed by atoms with Crippen LogP contribution in [0.5, 0.6) is 17.2 Å². The Bertz CT molecular complexity index is 354. The summed E-state index contributed by atoms with van der Waals surface area (Å²) < 4.78 is 35.9. The molecule has 0 unspecified atom stereocenters.